The van der Waals surface area contributed by atoms with Gasteiger partial charge < -0.3 is 15.8 Å². The lowest BCUT2D eigenvalue weighted by Crippen LogP contribution is -2.12. The molecule has 33 heavy (non-hydrogen) atoms. The van der Waals surface area contributed by atoms with E-state index in [0.29, 0.717) is 46.1 Å². The molecule has 0 unspecified atom stereocenters. The number of nitrogen functional groups attached to an aromatic ring is 1. The van der Waals surface area contributed by atoms with Gasteiger partial charge in [0.25, 0.3) is 5.91 Å². The SMILES string of the molecule is COc1ccc(N)cc1-c1nn(Cc2ccnn2C)cc1NC(=O)c1cnn2cccnc12. The largest absolute Gasteiger partial charge is 0.496 e. The van der Waals surface area contributed by atoms with Crippen molar-refractivity contribution in [3.05, 3.63) is 72.6 Å². The second-order valence-electron chi connectivity index (χ2n) is 7.40. The number of carbonyl (C=O) groups excluding carboxylic acids is 1. The lowest BCUT2D eigenvalue weighted by molar-refractivity contribution is 0.102. The fraction of sp³-hybridized carbons (Fsp3) is 0.136. The normalized spacial score (nSPS) is 11.1. The van der Waals surface area contributed by atoms with Gasteiger partial charge in [0.05, 0.1) is 31.2 Å². The molecule has 0 atom stereocenters. The number of hydrogen-bond donors (Lipinski definition) is 2. The Labute approximate surface area is 188 Å². The second kappa shape index (κ2) is 8.11. The van der Waals surface area contributed by atoms with Crippen molar-refractivity contribution in [2.24, 2.45) is 7.05 Å². The number of aryl methyl sites for hydroxylation is 1. The number of nitrogens with one attached hydrogen (secondary N) is 1. The number of benzene rings is 1. The summed E-state index contributed by atoms with van der Waals surface area (Å²) in [6.07, 6.45) is 8.32. The number of carbonyl (C=O) groups is 1. The molecule has 3 N–H and O–H groups in total. The molecule has 1 amide bonds. The summed E-state index contributed by atoms with van der Waals surface area (Å²) in [5.41, 5.74) is 10.0. The molecule has 1 aromatic carbocycles. The smallest absolute Gasteiger partial charge is 0.261 e. The molecular formula is C22H21N9O2. The van der Waals surface area contributed by atoms with Gasteiger partial charge in [0.2, 0.25) is 0 Å². The Morgan fingerprint density at radius 3 is 2.88 bits per heavy atom. The topological polar surface area (TPSA) is 130 Å². The minimum absolute atomic E-state index is 0.348. The molecule has 0 fully saturated rings. The van der Waals surface area contributed by atoms with Crippen LogP contribution in [0.5, 0.6) is 5.75 Å². The minimum Gasteiger partial charge on any atom is -0.496 e. The number of methoxy groups -OCH3 is 1. The highest BCUT2D eigenvalue weighted by molar-refractivity contribution is 6.09. The number of aromatic nitrogens is 7. The average Bonchev–Trinajstić information content (AvgIpc) is 3.53. The second-order valence-corrected chi connectivity index (χ2v) is 7.40. The molecule has 4 heterocycles. The Morgan fingerprint density at radius 1 is 1.21 bits per heavy atom. The highest BCUT2D eigenvalue weighted by Gasteiger charge is 2.21. The standard InChI is InChI=1S/C22H21N9O2/c1-29-15(6-8-25-29)12-30-13-18(20(28-30)16-10-14(23)4-5-19(16)33-2)27-22(32)17-11-26-31-9-3-7-24-21(17)31/h3-11,13H,12,23H2,1-2H3,(H,27,32). The van der Waals surface area contributed by atoms with Crippen LogP contribution < -0.4 is 15.8 Å². The van der Waals surface area contributed by atoms with Crippen molar-refractivity contribution in [1.29, 1.82) is 0 Å². The molecule has 0 aliphatic carbocycles. The molecule has 0 saturated heterocycles. The summed E-state index contributed by atoms with van der Waals surface area (Å²) in [4.78, 5) is 17.4. The van der Waals surface area contributed by atoms with E-state index < -0.39 is 0 Å². The van der Waals surface area contributed by atoms with Crippen LogP contribution in [0.3, 0.4) is 0 Å². The number of anilines is 2. The molecule has 11 heteroatoms. The zero-order chi connectivity index (χ0) is 22.9. The minimum atomic E-state index is -0.354. The summed E-state index contributed by atoms with van der Waals surface area (Å²) in [5.74, 6) is 0.232. The van der Waals surface area contributed by atoms with Gasteiger partial charge in [-0.05, 0) is 30.3 Å². The van der Waals surface area contributed by atoms with Crippen molar-refractivity contribution in [2.45, 2.75) is 6.54 Å². The Morgan fingerprint density at radius 2 is 2.09 bits per heavy atom. The monoisotopic (exact) mass is 443 g/mol. The predicted molar refractivity (Wildman–Crippen MR) is 122 cm³/mol. The van der Waals surface area contributed by atoms with E-state index in [1.54, 1.807) is 70.0 Å². The van der Waals surface area contributed by atoms with Gasteiger partial charge in [-0.3, -0.25) is 14.2 Å². The maximum atomic E-state index is 13.2. The van der Waals surface area contributed by atoms with E-state index in [1.165, 1.54) is 6.20 Å². The van der Waals surface area contributed by atoms with Crippen molar-refractivity contribution < 1.29 is 9.53 Å². The molecule has 0 aliphatic rings. The van der Waals surface area contributed by atoms with Crippen molar-refractivity contribution in [3.8, 4) is 17.0 Å². The third-order valence-electron chi connectivity index (χ3n) is 5.26. The zero-order valence-corrected chi connectivity index (χ0v) is 18.0. The summed E-state index contributed by atoms with van der Waals surface area (Å²) < 4.78 is 10.6. The van der Waals surface area contributed by atoms with Crippen molar-refractivity contribution in [3.63, 3.8) is 0 Å². The molecule has 0 aliphatic heterocycles. The van der Waals surface area contributed by atoms with Crippen LogP contribution in [0.25, 0.3) is 16.9 Å². The first-order valence-electron chi connectivity index (χ1n) is 10.1. The van der Waals surface area contributed by atoms with Crippen molar-refractivity contribution in [1.82, 2.24) is 34.2 Å². The van der Waals surface area contributed by atoms with Gasteiger partial charge in [-0.25, -0.2) is 9.50 Å². The van der Waals surface area contributed by atoms with E-state index in [-0.39, 0.29) is 5.91 Å². The molecule has 0 bridgehead atoms. The summed E-state index contributed by atoms with van der Waals surface area (Å²) >= 11 is 0. The molecule has 0 radical (unpaired) electrons. The van der Waals surface area contributed by atoms with E-state index in [1.807, 2.05) is 13.1 Å². The number of nitrogens with zero attached hydrogens (tertiary/aromatic N) is 7. The molecule has 0 saturated carbocycles. The number of fused-ring (bicyclic) bond motifs is 1. The van der Waals surface area contributed by atoms with Crippen LogP contribution >= 0.6 is 0 Å². The summed E-state index contributed by atoms with van der Waals surface area (Å²) in [6.45, 7) is 0.461. The van der Waals surface area contributed by atoms with Gasteiger partial charge in [0, 0.05) is 43.1 Å². The third kappa shape index (κ3) is 3.76. The Kier molecular flexibility index (Phi) is 4.98. The number of ether oxygens (including phenoxy) is 1. The zero-order valence-electron chi connectivity index (χ0n) is 18.0. The molecule has 11 nitrogen and oxygen atoms in total. The van der Waals surface area contributed by atoms with Crippen molar-refractivity contribution >= 4 is 22.9 Å². The van der Waals surface area contributed by atoms with Crippen LogP contribution in [-0.2, 0) is 13.6 Å². The lowest BCUT2D eigenvalue weighted by atomic mass is 10.1. The fourth-order valence-corrected chi connectivity index (χ4v) is 3.60. The quantitative estimate of drug-likeness (QED) is 0.385. The third-order valence-corrected chi connectivity index (χ3v) is 5.26. The molecular weight excluding hydrogens is 422 g/mol. The van der Waals surface area contributed by atoms with E-state index in [0.717, 1.165) is 5.69 Å². The van der Waals surface area contributed by atoms with Gasteiger partial charge in [0.1, 0.15) is 17.0 Å². The van der Waals surface area contributed by atoms with Crippen LogP contribution in [-0.4, -0.2) is 47.2 Å². The molecule has 4 aromatic heterocycles. The van der Waals surface area contributed by atoms with Gasteiger partial charge in [0.15, 0.2) is 5.65 Å². The van der Waals surface area contributed by atoms with Crippen LogP contribution in [0.1, 0.15) is 16.1 Å². The summed E-state index contributed by atoms with van der Waals surface area (Å²) in [6, 6.07) is 8.94. The Balaban J connectivity index is 1.57. The van der Waals surface area contributed by atoms with E-state index in [4.69, 9.17) is 15.6 Å². The molecule has 5 aromatic rings. The molecule has 0 spiro atoms. The number of hydrogen-bond acceptors (Lipinski definition) is 7. The van der Waals surface area contributed by atoms with Crippen LogP contribution in [0.2, 0.25) is 0 Å². The van der Waals surface area contributed by atoms with Crippen LogP contribution in [0.4, 0.5) is 11.4 Å². The molecule has 5 rings (SSSR count). The summed E-state index contributed by atoms with van der Waals surface area (Å²) in [7, 11) is 3.44. The Hall–Kier alpha value is -4.67. The van der Waals surface area contributed by atoms with Gasteiger partial charge in [-0.2, -0.15) is 15.3 Å². The molecule has 166 valence electrons. The maximum absolute atomic E-state index is 13.2. The first kappa shape index (κ1) is 20.2. The Bertz CT molecular complexity index is 1460. The van der Waals surface area contributed by atoms with Gasteiger partial charge in [-0.1, -0.05) is 0 Å². The van der Waals surface area contributed by atoms with Gasteiger partial charge in [-0.15, -0.1) is 0 Å². The van der Waals surface area contributed by atoms with Crippen LogP contribution in [0, 0.1) is 0 Å². The average molecular weight is 443 g/mol. The number of nitrogens with two attached hydrogens (primary N) is 1. The fourth-order valence-electron chi connectivity index (χ4n) is 3.60. The van der Waals surface area contributed by atoms with E-state index in [9.17, 15) is 4.79 Å². The number of amides is 1. The van der Waals surface area contributed by atoms with Crippen LogP contribution in [0.15, 0.2) is 61.3 Å². The first-order chi connectivity index (χ1) is 16.0. The maximum Gasteiger partial charge on any atom is 0.261 e. The number of rotatable bonds is 6. The first-order valence-corrected chi connectivity index (χ1v) is 10.1. The van der Waals surface area contributed by atoms with Crippen molar-refractivity contribution in [2.75, 3.05) is 18.2 Å². The predicted octanol–water partition coefficient (Wildman–Crippen LogP) is 2.22. The van der Waals surface area contributed by atoms with E-state index in [2.05, 4.69) is 20.5 Å². The highest BCUT2D eigenvalue weighted by Crippen LogP contribution is 2.36. The highest BCUT2D eigenvalue weighted by atomic mass is 16.5. The lowest BCUT2D eigenvalue weighted by Gasteiger charge is -2.10. The van der Waals surface area contributed by atoms with E-state index >= 15 is 0 Å². The summed E-state index contributed by atoms with van der Waals surface area (Å²) in [5, 5.41) is 16.1. The van der Waals surface area contributed by atoms with Gasteiger partial charge >= 0.3 is 0 Å².